The Labute approximate surface area is 128 Å². The molecule has 0 saturated heterocycles. The number of aromatic nitrogens is 2. The summed E-state index contributed by atoms with van der Waals surface area (Å²) in [5.41, 5.74) is 9.05. The molecule has 0 bridgehead atoms. The number of carbonyl (C=O) groups excluding carboxylic acids is 1. The number of nitrogen functional groups attached to an aromatic ring is 1. The molecule has 112 valence electrons. The van der Waals surface area contributed by atoms with Crippen molar-refractivity contribution in [1.82, 2.24) is 9.55 Å². The number of nitrogens with one attached hydrogen (secondary N) is 1. The smallest absolute Gasteiger partial charge is 0.226 e. The van der Waals surface area contributed by atoms with E-state index in [1.54, 1.807) is 12.1 Å². The lowest BCUT2D eigenvalue weighted by atomic mass is 10.2. The quantitative estimate of drug-likeness (QED) is 0.727. The Morgan fingerprint density at radius 1 is 1.18 bits per heavy atom. The minimum atomic E-state index is -0.0601. The lowest BCUT2D eigenvalue weighted by molar-refractivity contribution is -0.116. The van der Waals surface area contributed by atoms with E-state index in [2.05, 4.69) is 14.9 Å². The highest BCUT2D eigenvalue weighted by atomic mass is 16.1. The molecule has 2 aromatic carbocycles. The van der Waals surface area contributed by atoms with Crippen molar-refractivity contribution >= 4 is 28.3 Å². The fourth-order valence-electron chi connectivity index (χ4n) is 2.52. The van der Waals surface area contributed by atoms with Gasteiger partial charge in [0.15, 0.2) is 0 Å². The SMILES string of the molecule is Cc1nc2ccccc2n1CCC(=O)Nc1ccccc1N. The molecule has 3 rings (SSSR count). The third-order valence-electron chi connectivity index (χ3n) is 3.64. The topological polar surface area (TPSA) is 72.9 Å². The number of fused-ring (bicyclic) bond motifs is 1. The third-order valence-corrected chi connectivity index (χ3v) is 3.64. The van der Waals surface area contributed by atoms with Gasteiger partial charge >= 0.3 is 0 Å². The first kappa shape index (κ1) is 14.1. The largest absolute Gasteiger partial charge is 0.397 e. The van der Waals surface area contributed by atoms with Crippen LogP contribution < -0.4 is 11.1 Å². The number of hydrogen-bond donors (Lipinski definition) is 2. The first-order valence-corrected chi connectivity index (χ1v) is 7.21. The molecule has 0 aliphatic rings. The summed E-state index contributed by atoms with van der Waals surface area (Å²) in [4.78, 5) is 16.6. The van der Waals surface area contributed by atoms with Crippen molar-refractivity contribution in [2.75, 3.05) is 11.1 Å². The van der Waals surface area contributed by atoms with Gasteiger partial charge in [-0.25, -0.2) is 4.98 Å². The molecule has 0 unspecified atom stereocenters. The molecule has 0 spiro atoms. The monoisotopic (exact) mass is 294 g/mol. The number of anilines is 2. The Kier molecular flexibility index (Phi) is 3.78. The molecule has 0 aliphatic carbocycles. The van der Waals surface area contributed by atoms with E-state index in [4.69, 9.17) is 5.73 Å². The van der Waals surface area contributed by atoms with Gasteiger partial charge in [0.2, 0.25) is 5.91 Å². The summed E-state index contributed by atoms with van der Waals surface area (Å²) in [6.45, 7) is 2.54. The van der Waals surface area contributed by atoms with E-state index in [9.17, 15) is 4.79 Å². The van der Waals surface area contributed by atoms with Gasteiger partial charge in [-0.05, 0) is 31.2 Å². The Bertz CT molecular complexity index is 822. The molecule has 1 heterocycles. The molecule has 5 heteroatoms. The minimum absolute atomic E-state index is 0.0601. The van der Waals surface area contributed by atoms with Crippen LogP contribution in [0.25, 0.3) is 11.0 Å². The van der Waals surface area contributed by atoms with Crippen LogP contribution in [0.1, 0.15) is 12.2 Å². The van der Waals surface area contributed by atoms with Crippen molar-refractivity contribution in [2.45, 2.75) is 19.9 Å². The average molecular weight is 294 g/mol. The van der Waals surface area contributed by atoms with Crippen molar-refractivity contribution in [3.05, 3.63) is 54.4 Å². The highest BCUT2D eigenvalue weighted by molar-refractivity contribution is 5.93. The zero-order chi connectivity index (χ0) is 15.5. The number of amides is 1. The molecule has 1 amide bonds. The number of hydrogen-bond acceptors (Lipinski definition) is 3. The van der Waals surface area contributed by atoms with E-state index in [0.717, 1.165) is 16.9 Å². The standard InChI is InChI=1S/C17H18N4O/c1-12-19-15-8-4-5-9-16(15)21(12)11-10-17(22)20-14-7-3-2-6-13(14)18/h2-9H,10-11,18H2,1H3,(H,20,22). The lowest BCUT2D eigenvalue weighted by Crippen LogP contribution is -2.15. The zero-order valence-corrected chi connectivity index (χ0v) is 12.4. The molecule has 1 aromatic heterocycles. The van der Waals surface area contributed by atoms with Crippen LogP contribution in [0.15, 0.2) is 48.5 Å². The van der Waals surface area contributed by atoms with Gasteiger partial charge in [-0.15, -0.1) is 0 Å². The summed E-state index contributed by atoms with van der Waals surface area (Å²) < 4.78 is 2.06. The van der Waals surface area contributed by atoms with Crippen LogP contribution in [0.5, 0.6) is 0 Å². The molecule has 3 N–H and O–H groups in total. The predicted molar refractivity (Wildman–Crippen MR) is 88.6 cm³/mol. The van der Waals surface area contributed by atoms with E-state index in [1.807, 2.05) is 43.3 Å². The summed E-state index contributed by atoms with van der Waals surface area (Å²) >= 11 is 0. The van der Waals surface area contributed by atoms with Crippen LogP contribution in [0.3, 0.4) is 0 Å². The number of rotatable bonds is 4. The van der Waals surface area contributed by atoms with Crippen molar-refractivity contribution in [1.29, 1.82) is 0 Å². The van der Waals surface area contributed by atoms with Gasteiger partial charge in [0.25, 0.3) is 0 Å². The summed E-state index contributed by atoms with van der Waals surface area (Å²) in [6, 6.07) is 15.2. The molecular formula is C17H18N4O. The summed E-state index contributed by atoms with van der Waals surface area (Å²) in [5, 5.41) is 2.84. The highest BCUT2D eigenvalue weighted by Crippen LogP contribution is 2.18. The number of para-hydroxylation sites is 4. The summed E-state index contributed by atoms with van der Waals surface area (Å²) in [7, 11) is 0. The van der Waals surface area contributed by atoms with Gasteiger partial charge in [0.05, 0.1) is 22.4 Å². The molecule has 0 fully saturated rings. The van der Waals surface area contributed by atoms with Crippen LogP contribution in [0, 0.1) is 6.92 Å². The molecule has 22 heavy (non-hydrogen) atoms. The van der Waals surface area contributed by atoms with Crippen molar-refractivity contribution in [2.24, 2.45) is 0 Å². The molecule has 0 aliphatic heterocycles. The normalized spacial score (nSPS) is 10.8. The Hall–Kier alpha value is -2.82. The maximum Gasteiger partial charge on any atom is 0.226 e. The van der Waals surface area contributed by atoms with Gasteiger partial charge < -0.3 is 15.6 Å². The Morgan fingerprint density at radius 3 is 2.73 bits per heavy atom. The van der Waals surface area contributed by atoms with Crippen molar-refractivity contribution in [3.63, 3.8) is 0 Å². The van der Waals surface area contributed by atoms with E-state index in [1.165, 1.54) is 0 Å². The van der Waals surface area contributed by atoms with E-state index in [0.29, 0.717) is 24.3 Å². The number of carbonyl (C=O) groups is 1. The van der Waals surface area contributed by atoms with Gasteiger partial charge in [-0.3, -0.25) is 4.79 Å². The molecule has 0 saturated carbocycles. The summed E-state index contributed by atoms with van der Waals surface area (Å²) in [5.74, 6) is 0.850. The van der Waals surface area contributed by atoms with Crippen LogP contribution >= 0.6 is 0 Å². The minimum Gasteiger partial charge on any atom is -0.397 e. The number of imidazole rings is 1. The molecular weight excluding hydrogens is 276 g/mol. The second kappa shape index (κ2) is 5.89. The van der Waals surface area contributed by atoms with Gasteiger partial charge in [0.1, 0.15) is 5.82 Å². The molecule has 0 atom stereocenters. The maximum absolute atomic E-state index is 12.1. The second-order valence-corrected chi connectivity index (χ2v) is 5.18. The van der Waals surface area contributed by atoms with Crippen LogP contribution in [0.2, 0.25) is 0 Å². The van der Waals surface area contributed by atoms with Crippen molar-refractivity contribution in [3.8, 4) is 0 Å². The van der Waals surface area contributed by atoms with E-state index >= 15 is 0 Å². The number of nitrogens with two attached hydrogens (primary N) is 1. The second-order valence-electron chi connectivity index (χ2n) is 5.18. The van der Waals surface area contributed by atoms with Crippen LogP contribution in [-0.4, -0.2) is 15.5 Å². The van der Waals surface area contributed by atoms with Gasteiger partial charge in [0, 0.05) is 13.0 Å². The zero-order valence-electron chi connectivity index (χ0n) is 12.4. The van der Waals surface area contributed by atoms with E-state index < -0.39 is 0 Å². The number of aryl methyl sites for hydroxylation is 2. The maximum atomic E-state index is 12.1. The molecule has 3 aromatic rings. The Morgan fingerprint density at radius 2 is 1.91 bits per heavy atom. The van der Waals surface area contributed by atoms with E-state index in [-0.39, 0.29) is 5.91 Å². The number of benzene rings is 2. The highest BCUT2D eigenvalue weighted by Gasteiger charge is 2.09. The van der Waals surface area contributed by atoms with Gasteiger partial charge in [-0.1, -0.05) is 24.3 Å². The average Bonchev–Trinajstić information content (AvgIpc) is 2.83. The first-order valence-electron chi connectivity index (χ1n) is 7.21. The Balaban J connectivity index is 1.70. The molecule has 5 nitrogen and oxygen atoms in total. The first-order chi connectivity index (χ1) is 10.6. The third kappa shape index (κ3) is 2.79. The fraction of sp³-hybridized carbons (Fsp3) is 0.176. The fourth-order valence-corrected chi connectivity index (χ4v) is 2.52. The lowest BCUT2D eigenvalue weighted by Gasteiger charge is -2.09. The van der Waals surface area contributed by atoms with Crippen molar-refractivity contribution < 1.29 is 4.79 Å². The van der Waals surface area contributed by atoms with Crippen LogP contribution in [-0.2, 0) is 11.3 Å². The summed E-state index contributed by atoms with van der Waals surface area (Å²) in [6.07, 6.45) is 0.371. The van der Waals surface area contributed by atoms with Gasteiger partial charge in [-0.2, -0.15) is 0 Å². The molecule has 0 radical (unpaired) electrons. The van der Waals surface area contributed by atoms with Crippen LogP contribution in [0.4, 0.5) is 11.4 Å². The number of nitrogens with zero attached hydrogens (tertiary/aromatic N) is 2. The predicted octanol–water partition coefficient (Wildman–Crippen LogP) is 2.96.